The van der Waals surface area contributed by atoms with Crippen molar-refractivity contribution < 1.29 is 4.74 Å². The molecule has 2 aliphatic rings. The number of anilines is 1. The molecule has 7 nitrogen and oxygen atoms in total. The third-order valence-corrected chi connectivity index (χ3v) is 4.88. The molecule has 3 rings (SSSR count). The van der Waals surface area contributed by atoms with Gasteiger partial charge in [-0.05, 0) is 18.2 Å². The second-order valence-electron chi connectivity index (χ2n) is 6.54. The van der Waals surface area contributed by atoms with Gasteiger partial charge in [-0.2, -0.15) is 5.26 Å². The summed E-state index contributed by atoms with van der Waals surface area (Å²) in [4.78, 5) is 8.93. The van der Waals surface area contributed by atoms with Crippen LogP contribution in [0.5, 0.6) is 0 Å². The van der Waals surface area contributed by atoms with Crippen LogP contribution in [0.25, 0.3) is 0 Å². The van der Waals surface area contributed by atoms with Gasteiger partial charge < -0.3 is 9.64 Å². The van der Waals surface area contributed by atoms with Crippen LogP contribution in [0.2, 0.25) is 0 Å². The molecule has 2 heterocycles. The number of nitrogens with zero attached hydrogens (tertiary/aromatic N) is 6. The van der Waals surface area contributed by atoms with Gasteiger partial charge in [-0.25, -0.2) is 10.0 Å². The van der Waals surface area contributed by atoms with E-state index in [0.717, 1.165) is 57.3 Å². The first-order valence-corrected chi connectivity index (χ1v) is 8.91. The Morgan fingerprint density at radius 1 is 1.27 bits per heavy atom. The zero-order chi connectivity index (χ0) is 18.4. The van der Waals surface area contributed by atoms with Gasteiger partial charge in [0.05, 0.1) is 31.5 Å². The summed E-state index contributed by atoms with van der Waals surface area (Å²) in [5.74, 6) is 0.885. The predicted molar refractivity (Wildman–Crippen MR) is 103 cm³/mol. The van der Waals surface area contributed by atoms with Gasteiger partial charge in [0.1, 0.15) is 12.1 Å². The minimum atomic E-state index is 0.704. The second-order valence-corrected chi connectivity index (χ2v) is 6.54. The molecule has 0 saturated carbocycles. The second kappa shape index (κ2) is 8.70. The first-order valence-electron chi connectivity index (χ1n) is 8.91. The van der Waals surface area contributed by atoms with E-state index in [4.69, 9.17) is 10.00 Å². The van der Waals surface area contributed by atoms with Gasteiger partial charge in [0.15, 0.2) is 0 Å². The summed E-state index contributed by atoms with van der Waals surface area (Å²) in [6.45, 7) is 6.73. The Balaban J connectivity index is 1.43. The number of aliphatic imine (C=N–C) groups is 1. The van der Waals surface area contributed by atoms with Crippen LogP contribution < -0.4 is 4.90 Å². The number of hydrogen-bond acceptors (Lipinski definition) is 7. The van der Waals surface area contributed by atoms with Crippen LogP contribution in [0.3, 0.4) is 0 Å². The number of hydrazine groups is 1. The van der Waals surface area contributed by atoms with E-state index in [0.29, 0.717) is 5.56 Å². The van der Waals surface area contributed by atoms with Gasteiger partial charge in [-0.3, -0.25) is 9.91 Å². The van der Waals surface area contributed by atoms with Crippen molar-refractivity contribution in [3.05, 3.63) is 41.8 Å². The highest BCUT2D eigenvalue weighted by atomic mass is 16.5. The quantitative estimate of drug-likeness (QED) is 0.769. The minimum Gasteiger partial charge on any atom is -0.498 e. The molecule has 0 N–H and O–H groups in total. The van der Waals surface area contributed by atoms with Crippen LogP contribution in [-0.2, 0) is 4.74 Å². The fraction of sp³-hybridized carbons (Fsp3) is 0.474. The van der Waals surface area contributed by atoms with Crippen molar-refractivity contribution in [2.24, 2.45) is 4.99 Å². The van der Waals surface area contributed by atoms with Crippen LogP contribution >= 0.6 is 0 Å². The first-order chi connectivity index (χ1) is 12.7. The molecule has 2 aliphatic heterocycles. The van der Waals surface area contributed by atoms with Gasteiger partial charge in [-0.15, -0.1) is 0 Å². The third kappa shape index (κ3) is 4.54. The summed E-state index contributed by atoms with van der Waals surface area (Å²) >= 11 is 0. The average molecular weight is 354 g/mol. The van der Waals surface area contributed by atoms with Crippen molar-refractivity contribution in [3.8, 4) is 6.07 Å². The summed E-state index contributed by atoms with van der Waals surface area (Å²) in [5, 5.41) is 13.5. The fourth-order valence-electron chi connectivity index (χ4n) is 3.18. The number of benzene rings is 1. The Labute approximate surface area is 155 Å². The van der Waals surface area contributed by atoms with E-state index in [9.17, 15) is 0 Å². The average Bonchev–Trinajstić information content (AvgIpc) is 2.72. The summed E-state index contributed by atoms with van der Waals surface area (Å²) in [6.07, 6.45) is 3.64. The van der Waals surface area contributed by atoms with E-state index >= 15 is 0 Å². The zero-order valence-corrected chi connectivity index (χ0v) is 15.5. The van der Waals surface area contributed by atoms with Gasteiger partial charge in [-0.1, -0.05) is 6.07 Å². The lowest BCUT2D eigenvalue weighted by atomic mass is 10.2. The lowest BCUT2D eigenvalue weighted by Gasteiger charge is -2.41. The maximum Gasteiger partial charge on any atom is 0.135 e. The van der Waals surface area contributed by atoms with Crippen molar-refractivity contribution in [3.63, 3.8) is 0 Å². The normalized spacial score (nSPS) is 18.3. The predicted octanol–water partition coefficient (Wildman–Crippen LogP) is 1.36. The molecular formula is C19H26N6O. The molecule has 0 aromatic heterocycles. The lowest BCUT2D eigenvalue weighted by Crippen LogP contribution is -2.54. The molecule has 0 atom stereocenters. The molecule has 1 aromatic rings. The minimum absolute atomic E-state index is 0.704. The Morgan fingerprint density at radius 3 is 2.81 bits per heavy atom. The highest BCUT2D eigenvalue weighted by Crippen LogP contribution is 2.15. The molecule has 0 spiro atoms. The number of nitriles is 1. The van der Waals surface area contributed by atoms with Gasteiger partial charge >= 0.3 is 0 Å². The molecule has 138 valence electrons. The monoisotopic (exact) mass is 354 g/mol. The highest BCUT2D eigenvalue weighted by molar-refractivity contribution is 5.57. The Hall–Kier alpha value is -2.56. The molecule has 0 unspecified atom stereocenters. The smallest absolute Gasteiger partial charge is 0.135 e. The van der Waals surface area contributed by atoms with Crippen molar-refractivity contribution >= 4 is 12.0 Å². The first kappa shape index (κ1) is 18.2. The molecule has 0 amide bonds. The van der Waals surface area contributed by atoms with Crippen molar-refractivity contribution in [1.82, 2.24) is 14.9 Å². The highest BCUT2D eigenvalue weighted by Gasteiger charge is 2.22. The van der Waals surface area contributed by atoms with E-state index in [1.807, 2.05) is 24.5 Å². The maximum absolute atomic E-state index is 9.04. The summed E-state index contributed by atoms with van der Waals surface area (Å²) in [5.41, 5.74) is 1.79. The van der Waals surface area contributed by atoms with Crippen molar-refractivity contribution in [2.75, 3.05) is 64.9 Å². The SMILES string of the molecule is COC1=CN=CN(N2CCN(CCN(C)c3cccc(C#N)c3)CC2)C1. The van der Waals surface area contributed by atoms with Crippen LogP contribution in [0, 0.1) is 11.3 Å². The van der Waals surface area contributed by atoms with Gasteiger partial charge in [0.25, 0.3) is 0 Å². The van der Waals surface area contributed by atoms with E-state index in [1.54, 1.807) is 13.3 Å². The summed E-state index contributed by atoms with van der Waals surface area (Å²) in [6, 6.07) is 9.96. The number of piperazine rings is 1. The van der Waals surface area contributed by atoms with Crippen molar-refractivity contribution in [2.45, 2.75) is 0 Å². The van der Waals surface area contributed by atoms with E-state index in [1.165, 1.54) is 0 Å². The standard InChI is InChI=1S/C19H26N6O/c1-22(18-5-3-4-17(12-18)13-20)6-7-23-8-10-24(11-9-23)25-15-19(26-2)14-21-16-25/h3-5,12,14,16H,6-11,15H2,1-2H3. The fourth-order valence-corrected chi connectivity index (χ4v) is 3.18. The number of methoxy groups -OCH3 is 1. The molecule has 1 aromatic carbocycles. The number of likely N-dealkylation sites (N-methyl/N-ethyl adjacent to an activating group) is 1. The van der Waals surface area contributed by atoms with Gasteiger partial charge in [0, 0.05) is 52.0 Å². The van der Waals surface area contributed by atoms with Crippen LogP contribution in [0.15, 0.2) is 41.2 Å². The summed E-state index contributed by atoms with van der Waals surface area (Å²) in [7, 11) is 3.77. The molecule has 26 heavy (non-hydrogen) atoms. The molecule has 1 fully saturated rings. The number of rotatable bonds is 6. The van der Waals surface area contributed by atoms with Crippen molar-refractivity contribution in [1.29, 1.82) is 5.26 Å². The van der Waals surface area contributed by atoms with Crippen LogP contribution in [0.4, 0.5) is 5.69 Å². The molecular weight excluding hydrogens is 328 g/mol. The molecule has 0 bridgehead atoms. The molecule has 0 radical (unpaired) electrons. The Kier molecular flexibility index (Phi) is 6.10. The van der Waals surface area contributed by atoms with E-state index in [2.05, 4.69) is 44.0 Å². The van der Waals surface area contributed by atoms with E-state index < -0.39 is 0 Å². The topological polar surface area (TPSA) is 58.3 Å². The number of ether oxygens (including phenoxy) is 1. The largest absolute Gasteiger partial charge is 0.498 e. The molecule has 0 aliphatic carbocycles. The molecule has 1 saturated heterocycles. The zero-order valence-electron chi connectivity index (χ0n) is 15.5. The maximum atomic E-state index is 9.04. The summed E-state index contributed by atoms with van der Waals surface area (Å²) < 4.78 is 5.30. The van der Waals surface area contributed by atoms with Crippen LogP contribution in [-0.4, -0.2) is 81.2 Å². The van der Waals surface area contributed by atoms with E-state index in [-0.39, 0.29) is 0 Å². The number of hydrogen-bond donors (Lipinski definition) is 0. The molecule has 7 heteroatoms. The Bertz CT molecular complexity index is 702. The third-order valence-electron chi connectivity index (χ3n) is 4.88. The lowest BCUT2D eigenvalue weighted by molar-refractivity contribution is -0.00173. The van der Waals surface area contributed by atoms with Gasteiger partial charge in [0.2, 0.25) is 0 Å². The Morgan fingerprint density at radius 2 is 2.08 bits per heavy atom. The van der Waals surface area contributed by atoms with Crippen LogP contribution in [0.1, 0.15) is 5.56 Å².